The molecule has 3 aromatic rings. The molecular weight excluding hydrogens is 358 g/mol. The van der Waals surface area contributed by atoms with E-state index in [0.717, 1.165) is 33.2 Å². The van der Waals surface area contributed by atoms with Gasteiger partial charge in [-0.15, -0.1) is 6.58 Å². The Labute approximate surface area is 172 Å². The molecular formula is C26H25NO2. The molecule has 0 unspecified atom stereocenters. The summed E-state index contributed by atoms with van der Waals surface area (Å²) in [5.74, 6) is 1.44. The minimum Gasteiger partial charge on any atom is -0.490 e. The van der Waals surface area contributed by atoms with Gasteiger partial charge >= 0.3 is 0 Å². The van der Waals surface area contributed by atoms with Crippen LogP contribution in [0.2, 0.25) is 0 Å². The summed E-state index contributed by atoms with van der Waals surface area (Å²) in [6.07, 6.45) is 4.40. The number of rotatable bonds is 8. The first-order valence-corrected chi connectivity index (χ1v) is 9.84. The van der Waals surface area contributed by atoms with Crippen molar-refractivity contribution < 1.29 is 9.47 Å². The summed E-state index contributed by atoms with van der Waals surface area (Å²) < 4.78 is 11.7. The molecule has 0 N–H and O–H groups in total. The first-order valence-electron chi connectivity index (χ1n) is 9.84. The van der Waals surface area contributed by atoms with E-state index in [-0.39, 0.29) is 0 Å². The molecule has 0 amide bonds. The van der Waals surface area contributed by atoms with Gasteiger partial charge in [-0.3, -0.25) is 0 Å². The van der Waals surface area contributed by atoms with E-state index in [1.165, 1.54) is 0 Å². The van der Waals surface area contributed by atoms with Gasteiger partial charge in [0, 0.05) is 5.56 Å². The van der Waals surface area contributed by atoms with E-state index in [9.17, 15) is 5.26 Å². The van der Waals surface area contributed by atoms with Gasteiger partial charge in [0.25, 0.3) is 0 Å². The summed E-state index contributed by atoms with van der Waals surface area (Å²) in [6.45, 7) is 8.84. The van der Waals surface area contributed by atoms with Crippen LogP contribution in [0.4, 0.5) is 0 Å². The number of hydrogen-bond donors (Lipinski definition) is 0. The van der Waals surface area contributed by atoms with Crippen LogP contribution in [-0.2, 0) is 6.42 Å². The van der Waals surface area contributed by atoms with Crippen LogP contribution in [0, 0.1) is 11.3 Å². The molecule has 0 spiro atoms. The molecule has 0 radical (unpaired) electrons. The minimum atomic E-state index is 0.538. The van der Waals surface area contributed by atoms with E-state index in [0.29, 0.717) is 31.0 Å². The summed E-state index contributed by atoms with van der Waals surface area (Å²) in [5.41, 5.74) is 3.39. The lowest BCUT2D eigenvalue weighted by Gasteiger charge is -2.16. The summed E-state index contributed by atoms with van der Waals surface area (Å²) >= 11 is 0. The highest BCUT2D eigenvalue weighted by atomic mass is 16.5. The highest BCUT2D eigenvalue weighted by Gasteiger charge is 2.13. The number of hydrogen-bond acceptors (Lipinski definition) is 3. The van der Waals surface area contributed by atoms with E-state index in [2.05, 4.69) is 24.8 Å². The Morgan fingerprint density at radius 3 is 2.45 bits per heavy atom. The first-order chi connectivity index (χ1) is 14.2. The van der Waals surface area contributed by atoms with Crippen LogP contribution in [0.3, 0.4) is 0 Å². The van der Waals surface area contributed by atoms with Crippen molar-refractivity contribution in [3.05, 3.63) is 83.9 Å². The van der Waals surface area contributed by atoms with Gasteiger partial charge in [0.1, 0.15) is 0 Å². The second-order valence-electron chi connectivity index (χ2n) is 6.60. The number of benzene rings is 3. The third kappa shape index (κ3) is 4.67. The number of allylic oxidation sites excluding steroid dienone is 2. The Morgan fingerprint density at radius 2 is 1.76 bits per heavy atom. The Morgan fingerprint density at radius 1 is 1.00 bits per heavy atom. The molecule has 146 valence electrons. The normalized spacial score (nSPS) is 11.1. The third-order valence-corrected chi connectivity index (χ3v) is 4.60. The maximum Gasteiger partial charge on any atom is 0.164 e. The van der Waals surface area contributed by atoms with Gasteiger partial charge in [0.05, 0.1) is 24.9 Å². The molecule has 29 heavy (non-hydrogen) atoms. The zero-order chi connectivity index (χ0) is 20.6. The van der Waals surface area contributed by atoms with Crippen LogP contribution in [0.5, 0.6) is 11.5 Å². The minimum absolute atomic E-state index is 0.538. The SMILES string of the molecule is C=CCc1cc(/C=C(/C#N)c2ccc3ccccc3c2)cc(OCC)c1OCC. The van der Waals surface area contributed by atoms with Crippen molar-refractivity contribution in [2.75, 3.05) is 13.2 Å². The van der Waals surface area contributed by atoms with E-state index < -0.39 is 0 Å². The lowest BCUT2D eigenvalue weighted by molar-refractivity contribution is 0.285. The summed E-state index contributed by atoms with van der Waals surface area (Å²) in [6, 6.07) is 20.5. The van der Waals surface area contributed by atoms with Gasteiger partial charge in [-0.05, 0) is 66.4 Å². The van der Waals surface area contributed by atoms with Crippen molar-refractivity contribution in [2.45, 2.75) is 20.3 Å². The van der Waals surface area contributed by atoms with E-state index in [4.69, 9.17) is 9.47 Å². The second kappa shape index (κ2) is 9.61. The molecule has 0 fully saturated rings. The molecule has 0 saturated heterocycles. The molecule has 0 bridgehead atoms. The Kier molecular flexibility index (Phi) is 6.71. The molecule has 0 heterocycles. The summed E-state index contributed by atoms with van der Waals surface area (Å²) in [7, 11) is 0. The molecule has 0 aliphatic rings. The Balaban J connectivity index is 2.09. The maximum atomic E-state index is 9.81. The fourth-order valence-corrected chi connectivity index (χ4v) is 3.35. The topological polar surface area (TPSA) is 42.2 Å². The molecule has 0 aliphatic heterocycles. The highest BCUT2D eigenvalue weighted by molar-refractivity contribution is 5.94. The molecule has 3 rings (SSSR count). The van der Waals surface area contributed by atoms with Gasteiger partial charge in [-0.2, -0.15) is 5.26 Å². The van der Waals surface area contributed by atoms with Crippen molar-refractivity contribution in [3.8, 4) is 17.6 Å². The van der Waals surface area contributed by atoms with Crippen LogP contribution in [-0.4, -0.2) is 13.2 Å². The summed E-state index contributed by atoms with van der Waals surface area (Å²) in [4.78, 5) is 0. The zero-order valence-corrected chi connectivity index (χ0v) is 16.9. The van der Waals surface area contributed by atoms with Gasteiger partial charge in [-0.1, -0.05) is 42.5 Å². The predicted molar refractivity (Wildman–Crippen MR) is 120 cm³/mol. The maximum absolute atomic E-state index is 9.81. The van der Waals surface area contributed by atoms with Crippen LogP contribution >= 0.6 is 0 Å². The number of fused-ring (bicyclic) bond motifs is 1. The van der Waals surface area contributed by atoms with Crippen LogP contribution in [0.25, 0.3) is 22.4 Å². The van der Waals surface area contributed by atoms with E-state index >= 15 is 0 Å². The van der Waals surface area contributed by atoms with E-state index in [1.54, 1.807) is 0 Å². The van der Waals surface area contributed by atoms with Crippen molar-refractivity contribution in [2.24, 2.45) is 0 Å². The fraction of sp³-hybridized carbons (Fsp3) is 0.192. The molecule has 0 aromatic heterocycles. The van der Waals surface area contributed by atoms with Crippen molar-refractivity contribution in [1.29, 1.82) is 5.26 Å². The number of nitrogens with zero attached hydrogens (tertiary/aromatic N) is 1. The smallest absolute Gasteiger partial charge is 0.164 e. The first kappa shape index (κ1) is 20.2. The Hall–Kier alpha value is -3.51. The van der Waals surface area contributed by atoms with Crippen molar-refractivity contribution in [3.63, 3.8) is 0 Å². The lowest BCUT2D eigenvalue weighted by Crippen LogP contribution is -2.02. The van der Waals surface area contributed by atoms with Crippen molar-refractivity contribution >= 4 is 22.4 Å². The van der Waals surface area contributed by atoms with Crippen molar-refractivity contribution in [1.82, 2.24) is 0 Å². The highest BCUT2D eigenvalue weighted by Crippen LogP contribution is 2.35. The average molecular weight is 383 g/mol. The van der Waals surface area contributed by atoms with Gasteiger partial charge in [-0.25, -0.2) is 0 Å². The monoisotopic (exact) mass is 383 g/mol. The standard InChI is InChI=1S/C26H25NO2/c1-4-9-23-14-19(16-25(28-5-2)26(23)29-6-3)15-24(18-27)22-13-12-20-10-7-8-11-21(20)17-22/h4,7-8,10-17H,1,5-6,9H2,2-3H3/b24-15-. The molecule has 0 aliphatic carbocycles. The van der Waals surface area contributed by atoms with E-state index in [1.807, 2.05) is 68.5 Å². The zero-order valence-electron chi connectivity index (χ0n) is 16.9. The van der Waals surface area contributed by atoms with Gasteiger partial charge in [0.15, 0.2) is 11.5 Å². The number of ether oxygens (including phenoxy) is 2. The Bertz CT molecular complexity index is 1090. The van der Waals surface area contributed by atoms with Gasteiger partial charge < -0.3 is 9.47 Å². The molecule has 0 atom stereocenters. The third-order valence-electron chi connectivity index (χ3n) is 4.60. The molecule has 3 heteroatoms. The molecule has 0 saturated carbocycles. The average Bonchev–Trinajstić information content (AvgIpc) is 2.74. The predicted octanol–water partition coefficient (Wildman–Crippen LogP) is 6.43. The van der Waals surface area contributed by atoms with Crippen LogP contribution in [0.1, 0.15) is 30.5 Å². The largest absolute Gasteiger partial charge is 0.490 e. The number of nitriles is 1. The fourth-order valence-electron chi connectivity index (χ4n) is 3.35. The molecule has 3 aromatic carbocycles. The quantitative estimate of drug-likeness (QED) is 0.256. The van der Waals surface area contributed by atoms with Crippen LogP contribution in [0.15, 0.2) is 67.3 Å². The summed E-state index contributed by atoms with van der Waals surface area (Å²) in [5, 5.41) is 12.1. The second-order valence-corrected chi connectivity index (χ2v) is 6.60. The molecule has 3 nitrogen and oxygen atoms in total. The lowest BCUT2D eigenvalue weighted by atomic mass is 9.98. The van der Waals surface area contributed by atoms with Crippen LogP contribution < -0.4 is 9.47 Å². The van der Waals surface area contributed by atoms with Gasteiger partial charge in [0.2, 0.25) is 0 Å².